The highest BCUT2D eigenvalue weighted by molar-refractivity contribution is 7.98. The molecule has 0 aliphatic rings. The molecule has 8 heteroatoms. The predicted octanol–water partition coefficient (Wildman–Crippen LogP) is 6.88. The van der Waals surface area contributed by atoms with E-state index in [0.29, 0.717) is 21.6 Å². The summed E-state index contributed by atoms with van der Waals surface area (Å²) in [5, 5.41) is 4.04. The van der Waals surface area contributed by atoms with E-state index in [-0.39, 0.29) is 5.91 Å². The molecule has 0 spiro atoms. The third-order valence-electron chi connectivity index (χ3n) is 4.90. The normalized spacial score (nSPS) is 11.0. The van der Waals surface area contributed by atoms with Gasteiger partial charge in [-0.1, -0.05) is 41.6 Å². The van der Waals surface area contributed by atoms with Gasteiger partial charge in [-0.25, -0.2) is 9.97 Å². The SMILES string of the molecule is CC(=O)N(c1nc(CSc2nccn2-c2cccc(C)c2)cs1)c1c(C)cc(C)cc1Cl. The Morgan fingerprint density at radius 2 is 2.00 bits per heavy atom. The number of aryl methyl sites for hydroxylation is 3. The van der Waals surface area contributed by atoms with Crippen LogP contribution in [0.5, 0.6) is 0 Å². The molecule has 0 radical (unpaired) electrons. The first-order valence-corrected chi connectivity index (χ1v) is 12.3. The minimum atomic E-state index is -0.123. The van der Waals surface area contributed by atoms with Crippen LogP contribution in [-0.4, -0.2) is 20.4 Å². The zero-order valence-corrected chi connectivity index (χ0v) is 20.7. The lowest BCUT2D eigenvalue weighted by molar-refractivity contribution is -0.115. The topological polar surface area (TPSA) is 51.0 Å². The third kappa shape index (κ3) is 4.75. The number of benzene rings is 2. The van der Waals surface area contributed by atoms with Crippen LogP contribution < -0.4 is 4.90 Å². The standard InChI is InChI=1S/C24H23ClN4OS2/c1-15-6-5-7-20(11-15)28-9-8-26-23(28)31-13-19-14-32-24(27-19)29(18(4)30)22-17(3)10-16(2)12-21(22)25/h5-12,14H,13H2,1-4H3. The molecule has 5 nitrogen and oxygen atoms in total. The van der Waals surface area contributed by atoms with Crippen molar-refractivity contribution in [2.75, 3.05) is 4.90 Å². The van der Waals surface area contributed by atoms with Gasteiger partial charge in [0.2, 0.25) is 5.91 Å². The summed E-state index contributed by atoms with van der Waals surface area (Å²) < 4.78 is 2.07. The first-order chi connectivity index (χ1) is 15.3. The molecule has 0 saturated carbocycles. The molecule has 0 aliphatic heterocycles. The Morgan fingerprint density at radius 3 is 2.72 bits per heavy atom. The van der Waals surface area contributed by atoms with E-state index in [1.807, 2.05) is 43.6 Å². The smallest absolute Gasteiger partial charge is 0.230 e. The van der Waals surface area contributed by atoms with Crippen LogP contribution in [0.15, 0.2) is 59.3 Å². The van der Waals surface area contributed by atoms with E-state index in [4.69, 9.17) is 16.6 Å². The van der Waals surface area contributed by atoms with E-state index in [1.54, 1.807) is 22.9 Å². The Hall–Kier alpha value is -2.61. The fraction of sp³-hybridized carbons (Fsp3) is 0.208. The van der Waals surface area contributed by atoms with Crippen molar-refractivity contribution in [3.05, 3.63) is 81.6 Å². The molecule has 2 aromatic carbocycles. The van der Waals surface area contributed by atoms with Crippen LogP contribution >= 0.6 is 34.7 Å². The van der Waals surface area contributed by atoms with Crippen molar-refractivity contribution in [1.29, 1.82) is 0 Å². The molecule has 164 valence electrons. The molecule has 2 heterocycles. The Kier molecular flexibility index (Phi) is 6.69. The second-order valence-electron chi connectivity index (χ2n) is 7.60. The minimum absolute atomic E-state index is 0.123. The van der Waals surface area contributed by atoms with Crippen molar-refractivity contribution in [2.45, 2.75) is 38.6 Å². The van der Waals surface area contributed by atoms with E-state index >= 15 is 0 Å². The Balaban J connectivity index is 1.56. The van der Waals surface area contributed by atoms with Gasteiger partial charge in [-0.05, 0) is 55.7 Å². The molecule has 0 atom stereocenters. The Morgan fingerprint density at radius 1 is 1.19 bits per heavy atom. The maximum Gasteiger partial charge on any atom is 0.230 e. The zero-order chi connectivity index (χ0) is 22.8. The molecule has 0 bridgehead atoms. The molecule has 0 N–H and O–H groups in total. The van der Waals surface area contributed by atoms with E-state index in [0.717, 1.165) is 27.7 Å². The number of nitrogens with zero attached hydrogens (tertiary/aromatic N) is 4. The van der Waals surface area contributed by atoms with Crippen molar-refractivity contribution < 1.29 is 4.79 Å². The van der Waals surface area contributed by atoms with E-state index in [2.05, 4.69) is 34.7 Å². The van der Waals surface area contributed by atoms with Gasteiger partial charge in [0.05, 0.1) is 16.4 Å². The molecule has 0 fully saturated rings. The van der Waals surface area contributed by atoms with Crippen LogP contribution in [0.1, 0.15) is 29.3 Å². The number of amides is 1. The highest BCUT2D eigenvalue weighted by atomic mass is 35.5. The van der Waals surface area contributed by atoms with Crippen LogP contribution in [-0.2, 0) is 10.5 Å². The number of anilines is 2. The maximum absolute atomic E-state index is 12.5. The molecule has 1 amide bonds. The number of hydrogen-bond donors (Lipinski definition) is 0. The maximum atomic E-state index is 12.5. The van der Waals surface area contributed by atoms with E-state index in [1.165, 1.54) is 23.8 Å². The number of aromatic nitrogens is 3. The van der Waals surface area contributed by atoms with Crippen LogP contribution in [0.4, 0.5) is 10.8 Å². The van der Waals surface area contributed by atoms with Gasteiger partial charge < -0.3 is 0 Å². The predicted molar refractivity (Wildman–Crippen MR) is 134 cm³/mol. The van der Waals surface area contributed by atoms with Gasteiger partial charge in [-0.2, -0.15) is 0 Å². The summed E-state index contributed by atoms with van der Waals surface area (Å²) in [7, 11) is 0. The lowest BCUT2D eigenvalue weighted by Crippen LogP contribution is -2.24. The first-order valence-electron chi connectivity index (χ1n) is 10.1. The van der Waals surface area contributed by atoms with Gasteiger partial charge in [0.25, 0.3) is 0 Å². The number of carbonyl (C=O) groups is 1. The number of halogens is 1. The van der Waals surface area contributed by atoms with Gasteiger partial charge >= 0.3 is 0 Å². The van der Waals surface area contributed by atoms with Gasteiger partial charge in [-0.3, -0.25) is 14.3 Å². The molecular weight excluding hydrogens is 460 g/mol. The van der Waals surface area contributed by atoms with Gasteiger partial charge in [0.1, 0.15) is 0 Å². The second-order valence-corrected chi connectivity index (χ2v) is 9.78. The molecule has 0 saturated heterocycles. The quantitative estimate of drug-likeness (QED) is 0.281. The highest BCUT2D eigenvalue weighted by Gasteiger charge is 2.23. The van der Waals surface area contributed by atoms with Crippen LogP contribution in [0.25, 0.3) is 5.69 Å². The summed E-state index contributed by atoms with van der Waals surface area (Å²) in [6, 6.07) is 12.2. The number of thioether (sulfide) groups is 1. The summed E-state index contributed by atoms with van der Waals surface area (Å²) in [5.41, 5.74) is 5.85. The number of rotatable bonds is 6. The van der Waals surface area contributed by atoms with Crippen molar-refractivity contribution in [1.82, 2.24) is 14.5 Å². The average Bonchev–Trinajstić information content (AvgIpc) is 3.38. The zero-order valence-electron chi connectivity index (χ0n) is 18.3. The Bertz CT molecular complexity index is 1260. The van der Waals surface area contributed by atoms with Gasteiger partial charge in [0.15, 0.2) is 10.3 Å². The summed E-state index contributed by atoms with van der Waals surface area (Å²) >= 11 is 9.56. The number of carbonyl (C=O) groups excluding carboxylic acids is 1. The second kappa shape index (κ2) is 9.48. The van der Waals surface area contributed by atoms with E-state index < -0.39 is 0 Å². The fourth-order valence-electron chi connectivity index (χ4n) is 3.55. The van der Waals surface area contributed by atoms with Crippen molar-refractivity contribution in [3.8, 4) is 5.69 Å². The summed E-state index contributed by atoms with van der Waals surface area (Å²) in [6.45, 7) is 7.55. The summed E-state index contributed by atoms with van der Waals surface area (Å²) in [5.74, 6) is 0.522. The molecule has 0 unspecified atom stereocenters. The third-order valence-corrected chi connectivity index (χ3v) is 7.07. The van der Waals surface area contributed by atoms with Crippen molar-refractivity contribution in [3.63, 3.8) is 0 Å². The van der Waals surface area contributed by atoms with Gasteiger partial charge in [-0.15, -0.1) is 11.3 Å². The fourth-order valence-corrected chi connectivity index (χ4v) is 5.80. The largest absolute Gasteiger partial charge is 0.295 e. The molecule has 4 rings (SSSR count). The van der Waals surface area contributed by atoms with E-state index in [9.17, 15) is 4.79 Å². The van der Waals surface area contributed by atoms with Crippen LogP contribution in [0.3, 0.4) is 0 Å². The number of hydrogen-bond acceptors (Lipinski definition) is 5. The van der Waals surface area contributed by atoms with Crippen LogP contribution in [0.2, 0.25) is 5.02 Å². The molecule has 32 heavy (non-hydrogen) atoms. The number of thiazole rings is 1. The number of imidazole rings is 1. The van der Waals surface area contributed by atoms with Crippen LogP contribution in [0, 0.1) is 20.8 Å². The molecule has 4 aromatic rings. The molecular formula is C24H23ClN4OS2. The Labute approximate surface area is 201 Å². The first kappa shape index (κ1) is 22.6. The lowest BCUT2D eigenvalue weighted by Gasteiger charge is -2.22. The monoisotopic (exact) mass is 482 g/mol. The van der Waals surface area contributed by atoms with Gasteiger partial charge in [0, 0.05) is 36.1 Å². The average molecular weight is 483 g/mol. The summed E-state index contributed by atoms with van der Waals surface area (Å²) in [4.78, 5) is 23.4. The lowest BCUT2D eigenvalue weighted by atomic mass is 10.1. The minimum Gasteiger partial charge on any atom is -0.295 e. The van der Waals surface area contributed by atoms with Crippen molar-refractivity contribution >= 4 is 51.4 Å². The molecule has 0 aliphatic carbocycles. The highest BCUT2D eigenvalue weighted by Crippen LogP contribution is 2.38. The van der Waals surface area contributed by atoms with Crippen molar-refractivity contribution in [2.24, 2.45) is 0 Å². The summed E-state index contributed by atoms with van der Waals surface area (Å²) in [6.07, 6.45) is 3.76. The molecule has 2 aromatic heterocycles.